The molecule has 0 aromatic carbocycles. The number of hydrogen-bond donors (Lipinski definition) is 1. The Kier molecular flexibility index (Phi) is 3.57. The van der Waals surface area contributed by atoms with Crippen LogP contribution >= 0.6 is 12.2 Å². The first kappa shape index (κ1) is 13.2. The highest BCUT2D eigenvalue weighted by Crippen LogP contribution is 2.12. The van der Waals surface area contributed by atoms with Gasteiger partial charge in [-0.05, 0) is 18.2 Å². The minimum Gasteiger partial charge on any atom is -0.388 e. The molecule has 0 saturated carbocycles. The van der Waals surface area contributed by atoms with Crippen molar-refractivity contribution >= 4 is 23.1 Å². The number of amides is 1. The van der Waals surface area contributed by atoms with Gasteiger partial charge in [-0.2, -0.15) is 5.10 Å². The monoisotopic (exact) mass is 275 g/mol. The maximum atomic E-state index is 11.8. The van der Waals surface area contributed by atoms with E-state index in [1.54, 1.807) is 44.7 Å². The van der Waals surface area contributed by atoms with Gasteiger partial charge in [0.25, 0.3) is 5.91 Å². The Balaban J connectivity index is 2.44. The van der Waals surface area contributed by atoms with Gasteiger partial charge in [-0.15, -0.1) is 0 Å². The number of thiocarbonyl (C=S) groups is 1. The van der Waals surface area contributed by atoms with Crippen molar-refractivity contribution in [2.75, 3.05) is 14.1 Å². The van der Waals surface area contributed by atoms with E-state index in [2.05, 4.69) is 10.1 Å². The molecule has 0 saturated heterocycles. The molecule has 2 aromatic heterocycles. The Labute approximate surface area is 115 Å². The molecule has 0 atom stereocenters. The molecule has 1 amide bonds. The molecule has 2 aromatic rings. The molecule has 6 nitrogen and oxygen atoms in total. The summed E-state index contributed by atoms with van der Waals surface area (Å²) >= 11 is 4.95. The minimum absolute atomic E-state index is 0.167. The fraction of sp³-hybridized carbons (Fsp3) is 0.167. The third-order valence-corrected chi connectivity index (χ3v) is 2.67. The number of rotatable bonds is 3. The lowest BCUT2D eigenvalue weighted by atomic mass is 10.3. The predicted octanol–water partition coefficient (Wildman–Crippen LogP) is 0.603. The molecule has 0 radical (unpaired) electrons. The Morgan fingerprint density at radius 1 is 1.42 bits per heavy atom. The largest absolute Gasteiger partial charge is 0.388 e. The van der Waals surface area contributed by atoms with Crippen LogP contribution in [0.4, 0.5) is 0 Å². The van der Waals surface area contributed by atoms with E-state index in [-0.39, 0.29) is 10.9 Å². The summed E-state index contributed by atoms with van der Waals surface area (Å²) < 4.78 is 1.54. The van der Waals surface area contributed by atoms with Crippen LogP contribution in [0.2, 0.25) is 0 Å². The molecule has 19 heavy (non-hydrogen) atoms. The number of aromatic nitrogens is 3. The van der Waals surface area contributed by atoms with Gasteiger partial charge in [-0.1, -0.05) is 12.2 Å². The lowest BCUT2D eigenvalue weighted by Gasteiger charge is -2.08. The molecule has 2 N–H and O–H groups in total. The summed E-state index contributed by atoms with van der Waals surface area (Å²) in [4.78, 5) is 17.6. The van der Waals surface area contributed by atoms with Crippen molar-refractivity contribution < 1.29 is 4.79 Å². The molecule has 0 aliphatic rings. The van der Waals surface area contributed by atoms with Gasteiger partial charge < -0.3 is 10.6 Å². The van der Waals surface area contributed by atoms with E-state index in [9.17, 15) is 4.79 Å². The Morgan fingerprint density at radius 2 is 2.16 bits per heavy atom. The number of hydrogen-bond acceptors (Lipinski definition) is 4. The molecule has 0 unspecified atom stereocenters. The van der Waals surface area contributed by atoms with E-state index in [1.807, 2.05) is 0 Å². The van der Waals surface area contributed by atoms with Crippen LogP contribution < -0.4 is 5.73 Å². The summed E-state index contributed by atoms with van der Waals surface area (Å²) in [5.74, 6) is -0.167. The second-order valence-corrected chi connectivity index (χ2v) is 4.52. The highest BCUT2D eigenvalue weighted by Gasteiger charge is 2.14. The fourth-order valence-corrected chi connectivity index (χ4v) is 1.73. The van der Waals surface area contributed by atoms with E-state index in [1.165, 1.54) is 9.58 Å². The lowest BCUT2D eigenvalue weighted by Crippen LogP contribution is -2.22. The van der Waals surface area contributed by atoms with Crippen molar-refractivity contribution in [1.29, 1.82) is 0 Å². The van der Waals surface area contributed by atoms with Crippen molar-refractivity contribution in [2.45, 2.75) is 0 Å². The van der Waals surface area contributed by atoms with Crippen molar-refractivity contribution in [3.8, 4) is 5.69 Å². The smallest absolute Gasteiger partial charge is 0.273 e. The molecular formula is C12H13N5OS. The average Bonchev–Trinajstić information content (AvgIpc) is 2.87. The van der Waals surface area contributed by atoms with E-state index in [0.717, 1.165) is 0 Å². The molecule has 2 rings (SSSR count). The van der Waals surface area contributed by atoms with Gasteiger partial charge in [0.05, 0.1) is 5.69 Å². The van der Waals surface area contributed by atoms with E-state index >= 15 is 0 Å². The van der Waals surface area contributed by atoms with E-state index < -0.39 is 0 Å². The van der Waals surface area contributed by atoms with E-state index in [0.29, 0.717) is 17.1 Å². The SMILES string of the molecule is CN(C)C(=O)c1ccn(-c2cccnc2C(N)=S)n1. The second-order valence-electron chi connectivity index (χ2n) is 4.08. The van der Waals surface area contributed by atoms with Gasteiger partial charge in [0.2, 0.25) is 0 Å². The Hall–Kier alpha value is -2.28. The second kappa shape index (κ2) is 5.15. The van der Waals surface area contributed by atoms with Crippen molar-refractivity contribution in [1.82, 2.24) is 19.7 Å². The standard InChI is InChI=1S/C12H13N5OS/c1-16(2)12(18)8-5-7-17(15-8)9-4-3-6-14-10(9)11(13)19/h3-7H,1-2H3,(H2,13,19). The predicted molar refractivity (Wildman–Crippen MR) is 75.3 cm³/mol. The van der Waals surface area contributed by atoms with Crippen LogP contribution in [0.5, 0.6) is 0 Å². The number of nitrogens with two attached hydrogens (primary N) is 1. The third-order valence-electron chi connectivity index (χ3n) is 2.48. The molecule has 0 fully saturated rings. The molecule has 7 heteroatoms. The molecule has 0 aliphatic heterocycles. The first-order chi connectivity index (χ1) is 9.00. The van der Waals surface area contributed by atoms with Crippen LogP contribution in [0, 0.1) is 0 Å². The Bertz CT molecular complexity index is 635. The van der Waals surface area contributed by atoms with Crippen molar-refractivity contribution in [2.24, 2.45) is 5.73 Å². The molecular weight excluding hydrogens is 262 g/mol. The van der Waals surface area contributed by atoms with Gasteiger partial charge >= 0.3 is 0 Å². The zero-order valence-electron chi connectivity index (χ0n) is 10.6. The zero-order chi connectivity index (χ0) is 14.0. The summed E-state index contributed by atoms with van der Waals surface area (Å²) in [6.45, 7) is 0. The topological polar surface area (TPSA) is 77.0 Å². The number of pyridine rings is 1. The zero-order valence-corrected chi connectivity index (χ0v) is 11.4. The van der Waals surface area contributed by atoms with Crippen LogP contribution in [0.15, 0.2) is 30.6 Å². The maximum Gasteiger partial charge on any atom is 0.273 e. The van der Waals surface area contributed by atoms with Gasteiger partial charge in [0.1, 0.15) is 10.7 Å². The average molecular weight is 275 g/mol. The van der Waals surface area contributed by atoms with Gasteiger partial charge in [0, 0.05) is 26.5 Å². The summed E-state index contributed by atoms with van der Waals surface area (Å²) in [5, 5.41) is 4.22. The molecule has 0 bridgehead atoms. The fourth-order valence-electron chi connectivity index (χ4n) is 1.57. The first-order valence-corrected chi connectivity index (χ1v) is 5.94. The summed E-state index contributed by atoms with van der Waals surface area (Å²) in [6, 6.07) is 5.18. The Morgan fingerprint density at radius 3 is 2.79 bits per heavy atom. The van der Waals surface area contributed by atoms with Crippen molar-refractivity contribution in [3.63, 3.8) is 0 Å². The van der Waals surface area contributed by atoms with Crippen LogP contribution in [0.3, 0.4) is 0 Å². The molecule has 0 spiro atoms. The van der Waals surface area contributed by atoms with Gasteiger partial charge in [-0.3, -0.25) is 9.78 Å². The normalized spacial score (nSPS) is 10.2. The summed E-state index contributed by atoms with van der Waals surface area (Å²) in [7, 11) is 3.34. The third kappa shape index (κ3) is 2.60. The summed E-state index contributed by atoms with van der Waals surface area (Å²) in [5.41, 5.74) is 7.09. The molecule has 98 valence electrons. The van der Waals surface area contributed by atoms with Gasteiger partial charge in [0.15, 0.2) is 5.69 Å². The van der Waals surface area contributed by atoms with Crippen molar-refractivity contribution in [3.05, 3.63) is 42.0 Å². The minimum atomic E-state index is -0.167. The maximum absolute atomic E-state index is 11.8. The molecule has 0 aliphatic carbocycles. The molecule has 2 heterocycles. The van der Waals surface area contributed by atoms with Gasteiger partial charge in [-0.25, -0.2) is 4.68 Å². The number of carbonyl (C=O) groups is 1. The number of carbonyl (C=O) groups excluding carboxylic acids is 1. The lowest BCUT2D eigenvalue weighted by molar-refractivity contribution is 0.0821. The van der Waals surface area contributed by atoms with E-state index in [4.69, 9.17) is 18.0 Å². The number of nitrogens with zero attached hydrogens (tertiary/aromatic N) is 4. The summed E-state index contributed by atoms with van der Waals surface area (Å²) in [6.07, 6.45) is 3.28. The highest BCUT2D eigenvalue weighted by molar-refractivity contribution is 7.80. The highest BCUT2D eigenvalue weighted by atomic mass is 32.1. The van der Waals surface area contributed by atoms with Crippen LogP contribution in [-0.2, 0) is 0 Å². The van der Waals surface area contributed by atoms with Crippen LogP contribution in [-0.4, -0.2) is 44.7 Å². The van der Waals surface area contributed by atoms with Crippen LogP contribution in [0.1, 0.15) is 16.2 Å². The first-order valence-electron chi connectivity index (χ1n) is 5.53. The quantitative estimate of drug-likeness (QED) is 0.830. The van der Waals surface area contributed by atoms with Crippen LogP contribution in [0.25, 0.3) is 5.69 Å².